The number of carbonyl (C=O) groups is 2. The van der Waals surface area contributed by atoms with E-state index < -0.39 is 12.0 Å². The highest BCUT2D eigenvalue weighted by Crippen LogP contribution is 2.18. The molecular weight excluding hydrogens is 282 g/mol. The van der Waals surface area contributed by atoms with E-state index in [-0.39, 0.29) is 12.3 Å². The number of rotatable bonds is 5. The minimum atomic E-state index is -1.04. The van der Waals surface area contributed by atoms with E-state index in [0.717, 1.165) is 30.6 Å². The number of aryl methyl sites for hydroxylation is 1. The molecule has 0 aliphatic carbocycles. The number of hydrogen-bond acceptors (Lipinski definition) is 3. The summed E-state index contributed by atoms with van der Waals surface area (Å²) >= 11 is 0. The molecule has 1 aliphatic rings. The molecule has 1 aromatic carbocycles. The van der Waals surface area contributed by atoms with Gasteiger partial charge in [-0.1, -0.05) is 30.3 Å². The Bertz CT molecular complexity index is 694. The normalized spacial score (nSPS) is 14.4. The zero-order chi connectivity index (χ0) is 15.5. The Labute approximate surface area is 127 Å². The molecule has 0 unspecified atom stereocenters. The van der Waals surface area contributed by atoms with Crippen LogP contribution < -0.4 is 5.32 Å². The lowest BCUT2D eigenvalue weighted by atomic mass is 10.1. The zero-order valence-corrected chi connectivity index (χ0v) is 12.0. The third kappa shape index (κ3) is 2.86. The van der Waals surface area contributed by atoms with Crippen LogP contribution in [0.15, 0.2) is 36.5 Å². The van der Waals surface area contributed by atoms with E-state index in [9.17, 15) is 14.7 Å². The minimum Gasteiger partial charge on any atom is -0.480 e. The van der Waals surface area contributed by atoms with Crippen molar-refractivity contribution in [1.82, 2.24) is 15.1 Å². The average Bonchev–Trinajstić information content (AvgIpc) is 3.10. The van der Waals surface area contributed by atoms with Crippen LogP contribution in [0.1, 0.15) is 28.0 Å². The Balaban J connectivity index is 1.73. The first-order valence-electron chi connectivity index (χ1n) is 7.27. The second kappa shape index (κ2) is 6.01. The highest BCUT2D eigenvalue weighted by atomic mass is 16.4. The Hall–Kier alpha value is -2.63. The number of carboxylic acid groups (broad SMARTS) is 1. The maximum atomic E-state index is 12.3. The van der Waals surface area contributed by atoms with Crippen LogP contribution in [0.2, 0.25) is 0 Å². The van der Waals surface area contributed by atoms with Crippen LogP contribution in [-0.4, -0.2) is 32.8 Å². The first-order valence-corrected chi connectivity index (χ1v) is 7.27. The van der Waals surface area contributed by atoms with E-state index in [2.05, 4.69) is 10.4 Å². The topological polar surface area (TPSA) is 84.2 Å². The highest BCUT2D eigenvalue weighted by Gasteiger charge is 2.25. The number of fused-ring (bicyclic) bond motifs is 1. The van der Waals surface area contributed by atoms with Crippen molar-refractivity contribution >= 4 is 11.9 Å². The van der Waals surface area contributed by atoms with E-state index in [0.29, 0.717) is 5.56 Å². The van der Waals surface area contributed by atoms with E-state index in [1.54, 1.807) is 0 Å². The van der Waals surface area contributed by atoms with Crippen molar-refractivity contribution in [3.63, 3.8) is 0 Å². The summed E-state index contributed by atoms with van der Waals surface area (Å²) in [5, 5.41) is 16.1. The predicted molar refractivity (Wildman–Crippen MR) is 79.6 cm³/mol. The van der Waals surface area contributed by atoms with Gasteiger partial charge in [0, 0.05) is 13.0 Å². The summed E-state index contributed by atoms with van der Waals surface area (Å²) in [5.41, 5.74) is 2.24. The molecule has 1 amide bonds. The monoisotopic (exact) mass is 299 g/mol. The van der Waals surface area contributed by atoms with Gasteiger partial charge < -0.3 is 10.4 Å². The number of carboxylic acids is 1. The highest BCUT2D eigenvalue weighted by molar-refractivity contribution is 5.97. The minimum absolute atomic E-state index is 0.255. The number of hydrogen-bond donors (Lipinski definition) is 2. The summed E-state index contributed by atoms with van der Waals surface area (Å²) in [6, 6.07) is 8.31. The fraction of sp³-hybridized carbons (Fsp3) is 0.312. The summed E-state index contributed by atoms with van der Waals surface area (Å²) in [7, 11) is 0. The van der Waals surface area contributed by atoms with Crippen LogP contribution in [0.3, 0.4) is 0 Å². The number of nitrogens with one attached hydrogen (secondary N) is 1. The summed E-state index contributed by atoms with van der Waals surface area (Å²) in [6.45, 7) is 0.814. The van der Waals surface area contributed by atoms with Gasteiger partial charge in [-0.15, -0.1) is 0 Å². The molecule has 22 heavy (non-hydrogen) atoms. The molecule has 0 saturated carbocycles. The lowest BCUT2D eigenvalue weighted by Gasteiger charge is -2.14. The molecule has 0 radical (unpaired) electrons. The summed E-state index contributed by atoms with van der Waals surface area (Å²) < 4.78 is 1.81. The van der Waals surface area contributed by atoms with Gasteiger partial charge in [0.2, 0.25) is 0 Å². The fourth-order valence-corrected chi connectivity index (χ4v) is 2.74. The van der Waals surface area contributed by atoms with Gasteiger partial charge in [-0.2, -0.15) is 5.10 Å². The van der Waals surface area contributed by atoms with E-state index in [1.165, 1.54) is 6.20 Å². The molecule has 2 aromatic rings. The van der Waals surface area contributed by atoms with Crippen molar-refractivity contribution < 1.29 is 14.7 Å². The Morgan fingerprint density at radius 2 is 2.09 bits per heavy atom. The van der Waals surface area contributed by atoms with Gasteiger partial charge in [-0.25, -0.2) is 4.79 Å². The van der Waals surface area contributed by atoms with Crippen molar-refractivity contribution in [2.24, 2.45) is 0 Å². The third-order valence-corrected chi connectivity index (χ3v) is 3.86. The standard InChI is InChI=1S/C16H17N3O3/c20-15(12-10-17-19-8-4-7-14(12)19)18-13(16(21)22)9-11-5-2-1-3-6-11/h1-3,5-6,10,13H,4,7-9H2,(H,18,20)(H,21,22)/t13-/m1/s1. The van der Waals surface area contributed by atoms with Crippen LogP contribution in [0, 0.1) is 0 Å². The maximum absolute atomic E-state index is 12.3. The summed E-state index contributed by atoms with van der Waals surface area (Å²) in [4.78, 5) is 23.7. The molecule has 1 aromatic heterocycles. The van der Waals surface area contributed by atoms with Crippen molar-refractivity contribution in [2.45, 2.75) is 31.8 Å². The van der Waals surface area contributed by atoms with Gasteiger partial charge in [-0.05, 0) is 18.4 Å². The molecule has 0 saturated heterocycles. The SMILES string of the molecule is O=C(N[C@H](Cc1ccccc1)C(=O)O)c1cnn2c1CCC2. The van der Waals surface area contributed by atoms with Crippen LogP contribution in [0.25, 0.3) is 0 Å². The maximum Gasteiger partial charge on any atom is 0.326 e. The molecule has 2 heterocycles. The molecular formula is C16H17N3O3. The molecule has 0 bridgehead atoms. The van der Waals surface area contributed by atoms with Gasteiger partial charge in [-0.3, -0.25) is 9.48 Å². The van der Waals surface area contributed by atoms with Crippen molar-refractivity contribution in [3.05, 3.63) is 53.3 Å². The second-order valence-electron chi connectivity index (χ2n) is 5.39. The number of nitrogens with zero attached hydrogens (tertiary/aromatic N) is 2. The second-order valence-corrected chi connectivity index (χ2v) is 5.39. The molecule has 114 valence electrons. The largest absolute Gasteiger partial charge is 0.480 e. The van der Waals surface area contributed by atoms with Crippen LogP contribution >= 0.6 is 0 Å². The molecule has 0 fully saturated rings. The van der Waals surface area contributed by atoms with Crippen LogP contribution in [-0.2, 0) is 24.2 Å². The number of carbonyl (C=O) groups excluding carboxylic acids is 1. The van der Waals surface area contributed by atoms with Crippen molar-refractivity contribution in [3.8, 4) is 0 Å². The Kier molecular flexibility index (Phi) is 3.91. The van der Waals surface area contributed by atoms with E-state index >= 15 is 0 Å². The summed E-state index contributed by atoms with van der Waals surface area (Å²) in [5.74, 6) is -1.41. The number of aliphatic carboxylic acids is 1. The quantitative estimate of drug-likeness (QED) is 0.870. The fourth-order valence-electron chi connectivity index (χ4n) is 2.74. The molecule has 6 heteroatoms. The molecule has 6 nitrogen and oxygen atoms in total. The third-order valence-electron chi connectivity index (χ3n) is 3.86. The lowest BCUT2D eigenvalue weighted by molar-refractivity contribution is -0.139. The van der Waals surface area contributed by atoms with Gasteiger partial charge in [0.1, 0.15) is 6.04 Å². The number of amides is 1. The molecule has 3 rings (SSSR count). The van der Waals surface area contributed by atoms with Crippen molar-refractivity contribution in [2.75, 3.05) is 0 Å². The number of aromatic nitrogens is 2. The van der Waals surface area contributed by atoms with E-state index in [4.69, 9.17) is 0 Å². The van der Waals surface area contributed by atoms with Crippen LogP contribution in [0.5, 0.6) is 0 Å². The molecule has 1 atom stereocenters. The smallest absolute Gasteiger partial charge is 0.326 e. The lowest BCUT2D eigenvalue weighted by Crippen LogP contribution is -2.42. The van der Waals surface area contributed by atoms with Gasteiger partial charge >= 0.3 is 5.97 Å². The van der Waals surface area contributed by atoms with E-state index in [1.807, 2.05) is 35.0 Å². The Morgan fingerprint density at radius 1 is 1.32 bits per heavy atom. The zero-order valence-electron chi connectivity index (χ0n) is 12.0. The molecule has 1 aliphatic heterocycles. The van der Waals surface area contributed by atoms with Crippen molar-refractivity contribution in [1.29, 1.82) is 0 Å². The molecule has 2 N–H and O–H groups in total. The average molecular weight is 299 g/mol. The Morgan fingerprint density at radius 3 is 2.82 bits per heavy atom. The number of benzene rings is 1. The predicted octanol–water partition coefficient (Wildman–Crippen LogP) is 1.25. The van der Waals surface area contributed by atoms with Gasteiger partial charge in [0.25, 0.3) is 5.91 Å². The summed E-state index contributed by atoms with van der Waals surface area (Å²) in [6.07, 6.45) is 3.55. The van der Waals surface area contributed by atoms with Gasteiger partial charge in [0.15, 0.2) is 0 Å². The first kappa shape index (κ1) is 14.3. The van der Waals surface area contributed by atoms with Crippen LogP contribution in [0.4, 0.5) is 0 Å². The van der Waals surface area contributed by atoms with Gasteiger partial charge in [0.05, 0.1) is 17.5 Å². The molecule has 0 spiro atoms. The first-order chi connectivity index (χ1) is 10.6.